The average molecular weight is 410 g/mol. The number of aromatic hydroxyl groups is 1. The second-order valence-corrected chi connectivity index (χ2v) is 6.66. The Morgan fingerprint density at radius 2 is 1.71 bits per heavy atom. The number of rotatable bonds is 8. The number of phosphoric acid groups is 1. The molecule has 2 aromatic rings. The van der Waals surface area contributed by atoms with Gasteiger partial charge >= 0.3 is 0 Å². The average Bonchev–Trinajstić information content (AvgIpc) is 2.66. The first kappa shape index (κ1) is 21.7. The molecule has 152 valence electrons. The van der Waals surface area contributed by atoms with Crippen molar-refractivity contribution in [3.8, 4) is 23.0 Å². The first-order valence-electron chi connectivity index (χ1n) is 7.95. The highest BCUT2D eigenvalue weighted by Crippen LogP contribution is 2.45. The third-order valence-electron chi connectivity index (χ3n) is 3.88. The van der Waals surface area contributed by atoms with Gasteiger partial charge in [-0.1, -0.05) is 12.2 Å². The minimum atomic E-state index is -5.41. The van der Waals surface area contributed by atoms with Crippen molar-refractivity contribution < 1.29 is 43.7 Å². The largest absolute Gasteiger partial charge is 0.780 e. The fraction of sp³-hybridized carbons (Fsp3) is 0.222. The van der Waals surface area contributed by atoms with Gasteiger partial charge < -0.3 is 43.7 Å². The van der Waals surface area contributed by atoms with Crippen molar-refractivity contribution in [1.82, 2.24) is 0 Å². The van der Waals surface area contributed by atoms with E-state index in [1.165, 1.54) is 32.4 Å². The molecule has 0 aliphatic carbocycles. The van der Waals surface area contributed by atoms with Gasteiger partial charge in [0.2, 0.25) is 5.75 Å². The van der Waals surface area contributed by atoms with Crippen molar-refractivity contribution in [2.75, 3.05) is 14.2 Å². The van der Waals surface area contributed by atoms with E-state index in [0.29, 0.717) is 22.4 Å². The van der Waals surface area contributed by atoms with Gasteiger partial charge in [0, 0.05) is 11.1 Å². The van der Waals surface area contributed by atoms with E-state index in [1.54, 1.807) is 18.2 Å². The number of hydrogen-bond donors (Lipinski definition) is 3. The zero-order valence-electron chi connectivity index (χ0n) is 15.1. The molecule has 2 aromatic carbocycles. The van der Waals surface area contributed by atoms with E-state index in [4.69, 9.17) is 9.47 Å². The molecule has 0 heterocycles. The third-order valence-corrected chi connectivity index (χ3v) is 4.28. The Morgan fingerprint density at radius 3 is 2.25 bits per heavy atom. The highest BCUT2D eigenvalue weighted by Gasteiger charge is 2.15. The molecule has 0 amide bonds. The smallest absolute Gasteiger partial charge is 0.208 e. The Morgan fingerprint density at radius 1 is 1.04 bits per heavy atom. The highest BCUT2D eigenvalue weighted by molar-refractivity contribution is 7.43. The van der Waals surface area contributed by atoms with Crippen molar-refractivity contribution in [3.63, 3.8) is 0 Å². The summed E-state index contributed by atoms with van der Waals surface area (Å²) in [6, 6.07) is 6.00. The molecule has 0 aliphatic rings. The van der Waals surface area contributed by atoms with Crippen LogP contribution in [0.25, 0.3) is 12.2 Å². The molecule has 0 saturated heterocycles. The van der Waals surface area contributed by atoms with Gasteiger partial charge in [0.1, 0.15) is 13.6 Å². The summed E-state index contributed by atoms with van der Waals surface area (Å²) < 4.78 is 25.3. The van der Waals surface area contributed by atoms with Gasteiger partial charge in [0.05, 0.1) is 27.4 Å². The summed E-state index contributed by atoms with van der Waals surface area (Å²) in [7, 11) is -2.77. The fourth-order valence-electron chi connectivity index (χ4n) is 2.57. The van der Waals surface area contributed by atoms with Crippen LogP contribution in [0.15, 0.2) is 24.3 Å². The molecule has 2 rings (SSSR count). The lowest BCUT2D eigenvalue weighted by atomic mass is 10.0. The molecule has 0 bridgehead atoms. The van der Waals surface area contributed by atoms with Gasteiger partial charge in [-0.05, 0) is 35.4 Å². The summed E-state index contributed by atoms with van der Waals surface area (Å²) in [6.07, 6.45) is 3.00. The van der Waals surface area contributed by atoms with Gasteiger partial charge in [-0.15, -0.1) is 0 Å². The predicted octanol–water partition coefficient (Wildman–Crippen LogP) is 0.772. The number of methoxy groups -OCH3 is 2. The number of benzene rings is 2. The monoisotopic (exact) mass is 410 g/mol. The number of hydrogen-bond acceptors (Lipinski definition) is 9. The Hall–Kier alpha value is -2.55. The molecule has 0 aliphatic heterocycles. The molecule has 0 unspecified atom stereocenters. The van der Waals surface area contributed by atoms with E-state index < -0.39 is 19.3 Å². The second-order valence-electron chi connectivity index (χ2n) is 5.58. The van der Waals surface area contributed by atoms with Gasteiger partial charge in [-0.25, -0.2) is 0 Å². The maximum Gasteiger partial charge on any atom is 0.208 e. The van der Waals surface area contributed by atoms with Crippen molar-refractivity contribution in [3.05, 3.63) is 46.5 Å². The summed E-state index contributed by atoms with van der Waals surface area (Å²) >= 11 is 0. The molecule has 0 atom stereocenters. The quantitative estimate of drug-likeness (QED) is 0.423. The van der Waals surface area contributed by atoms with Crippen molar-refractivity contribution in [2.24, 2.45) is 0 Å². The first-order valence-corrected chi connectivity index (χ1v) is 9.41. The number of phosphoric ester groups is 1. The zero-order valence-corrected chi connectivity index (χ0v) is 16.0. The van der Waals surface area contributed by atoms with E-state index in [0.717, 1.165) is 0 Å². The molecule has 0 radical (unpaired) electrons. The summed E-state index contributed by atoms with van der Waals surface area (Å²) in [5.41, 5.74) is 1.64. The number of ether oxygens (including phenoxy) is 2. The molecular weight excluding hydrogens is 391 g/mol. The number of aliphatic hydroxyl groups is 2. The first-order chi connectivity index (χ1) is 13.2. The molecule has 0 saturated carbocycles. The van der Waals surface area contributed by atoms with E-state index in [-0.39, 0.29) is 24.5 Å². The van der Waals surface area contributed by atoms with Crippen LogP contribution in [0.2, 0.25) is 0 Å². The van der Waals surface area contributed by atoms with Crippen LogP contribution in [0.3, 0.4) is 0 Å². The lowest BCUT2D eigenvalue weighted by Gasteiger charge is -2.30. The minimum absolute atomic E-state index is 0.127. The molecule has 0 fully saturated rings. The molecule has 9 nitrogen and oxygen atoms in total. The van der Waals surface area contributed by atoms with E-state index >= 15 is 0 Å². The van der Waals surface area contributed by atoms with Gasteiger partial charge in [-0.3, -0.25) is 0 Å². The van der Waals surface area contributed by atoms with E-state index in [9.17, 15) is 29.7 Å². The molecule has 10 heteroatoms. The Bertz CT molecular complexity index is 893. The van der Waals surface area contributed by atoms with Crippen LogP contribution in [0.5, 0.6) is 23.0 Å². The molecule has 0 spiro atoms. The minimum Gasteiger partial charge on any atom is -0.780 e. The van der Waals surface area contributed by atoms with Gasteiger partial charge in [0.25, 0.3) is 0 Å². The number of phenolic OH excluding ortho intramolecular Hbond substituents is 1. The van der Waals surface area contributed by atoms with Crippen LogP contribution < -0.4 is 23.8 Å². The lowest BCUT2D eigenvalue weighted by molar-refractivity contribution is -0.333. The third kappa shape index (κ3) is 5.03. The van der Waals surface area contributed by atoms with Crippen molar-refractivity contribution in [1.29, 1.82) is 0 Å². The molecular formula is C18H19O9P-2. The van der Waals surface area contributed by atoms with Gasteiger partial charge in [-0.2, -0.15) is 0 Å². The van der Waals surface area contributed by atoms with Crippen LogP contribution in [0.1, 0.15) is 22.3 Å². The molecule has 28 heavy (non-hydrogen) atoms. The van der Waals surface area contributed by atoms with E-state index in [1.807, 2.05) is 0 Å². The van der Waals surface area contributed by atoms with E-state index in [2.05, 4.69) is 4.52 Å². The predicted molar refractivity (Wildman–Crippen MR) is 96.7 cm³/mol. The van der Waals surface area contributed by atoms with Crippen LogP contribution in [0, 0.1) is 0 Å². The normalized spacial score (nSPS) is 11.6. The molecule has 0 aromatic heterocycles. The van der Waals surface area contributed by atoms with Crippen molar-refractivity contribution >= 4 is 20.0 Å². The summed E-state index contributed by atoms with van der Waals surface area (Å²) in [5, 5.41) is 29.2. The van der Waals surface area contributed by atoms with Crippen molar-refractivity contribution in [2.45, 2.75) is 13.2 Å². The van der Waals surface area contributed by atoms with Crippen LogP contribution in [0.4, 0.5) is 0 Å². The second kappa shape index (κ2) is 9.09. The summed E-state index contributed by atoms with van der Waals surface area (Å²) in [6.45, 7) is -0.629. The zero-order chi connectivity index (χ0) is 20.9. The number of phenols is 1. The number of aliphatic hydroxyl groups excluding tert-OH is 2. The lowest BCUT2D eigenvalue weighted by Crippen LogP contribution is -2.19. The van der Waals surface area contributed by atoms with Gasteiger partial charge in [0.15, 0.2) is 11.5 Å². The summed E-state index contributed by atoms with van der Waals surface area (Å²) in [4.78, 5) is 21.8. The maximum atomic E-state index is 10.9. The SMILES string of the molecule is COc1cc(/C=C\c2ccc(OC)c(OP(=O)([O-])[O-])c2O)cc(CO)c1CO. The maximum absolute atomic E-state index is 10.9. The Kier molecular flexibility index (Phi) is 7.06. The Labute approximate surface area is 161 Å². The fourth-order valence-corrected chi connectivity index (χ4v) is 2.97. The standard InChI is InChI=1S/C18H21O9P/c1-25-15-6-5-12(17(21)18(15)27-28(22,23)24)4-3-11-7-13(9-19)14(10-20)16(8-11)26-2/h3-8,19-21H,9-10H2,1-2H3,(H2,22,23,24)/p-2/b4-3-. The Balaban J connectivity index is 2.47. The van der Waals surface area contributed by atoms with Crippen LogP contribution >= 0.6 is 7.82 Å². The molecule has 3 N–H and O–H groups in total. The van der Waals surface area contributed by atoms with Crippen LogP contribution in [-0.2, 0) is 17.8 Å². The highest BCUT2D eigenvalue weighted by atomic mass is 31.2. The topological polar surface area (TPSA) is 152 Å². The summed E-state index contributed by atoms with van der Waals surface area (Å²) in [5.74, 6) is -0.959. The van der Waals surface area contributed by atoms with Crippen LogP contribution in [-0.4, -0.2) is 29.5 Å².